The molecule has 1 aromatic heterocycles. The van der Waals surface area contributed by atoms with Crippen LogP contribution in [-0.2, 0) is 46.4 Å². The third-order valence-corrected chi connectivity index (χ3v) is 12.5. The number of hydrogen-bond donors (Lipinski definition) is 12. The molecule has 2 aliphatic heterocycles. The summed E-state index contributed by atoms with van der Waals surface area (Å²) in [4.78, 5) is 103. The standard InChI is InChI=1S/C45H63N11O8S2/c1-26-10-9-18-55(26)44(64)37(25-66)54-41(61)36(21-29-23-49-32-14-7-6-13-31(29)32)52-39(59)33(15-8-17-48-45(46)47)51-40(60)35(20-28-11-4-3-5-12-28)53-42(62)38-22-30(58)24-56(38)43(63)34(16-19-65)50-27(2)57/h3-7,11-14,23,26,30,33-38,49,58,65-66H,8-10,15-22,24-25H2,1-2H3,(H,50,57)(H,51,60)(H,52,59)(H,53,62)(H,54,61)(H4,46,47,48)/t26-,30-,33+,34+,35-,36+,37+,38+/m1/s1. The lowest BCUT2D eigenvalue weighted by Gasteiger charge is -2.30. The first-order valence-corrected chi connectivity index (χ1v) is 23.5. The van der Waals surface area contributed by atoms with E-state index in [1.165, 1.54) is 11.8 Å². The van der Waals surface area contributed by atoms with E-state index in [0.29, 0.717) is 17.7 Å². The number of nitrogens with two attached hydrogens (primary N) is 1. The highest BCUT2D eigenvalue weighted by Crippen LogP contribution is 2.23. The topological polar surface area (TPSA) is 284 Å². The molecule has 8 atom stereocenters. The second-order valence-electron chi connectivity index (χ2n) is 16.8. The van der Waals surface area contributed by atoms with Gasteiger partial charge in [0.05, 0.1) is 6.10 Å². The van der Waals surface area contributed by atoms with Crippen molar-refractivity contribution in [2.24, 2.45) is 5.73 Å². The van der Waals surface area contributed by atoms with E-state index >= 15 is 0 Å². The third kappa shape index (κ3) is 14.1. The molecule has 0 aliphatic carbocycles. The van der Waals surface area contributed by atoms with Crippen LogP contribution in [0.5, 0.6) is 0 Å². The minimum atomic E-state index is -1.30. The number of aliphatic hydroxyl groups excluding tert-OH is 1. The number of nitrogens with one attached hydrogen (secondary N) is 8. The molecule has 0 bridgehead atoms. The van der Waals surface area contributed by atoms with E-state index < -0.39 is 77.8 Å². The molecule has 2 aromatic carbocycles. The zero-order valence-electron chi connectivity index (χ0n) is 37.3. The van der Waals surface area contributed by atoms with E-state index in [-0.39, 0.29) is 81.0 Å². The summed E-state index contributed by atoms with van der Waals surface area (Å²) in [5, 5.41) is 35.6. The number of fused-ring (bicyclic) bond motifs is 1. The number of aromatic amines is 1. The van der Waals surface area contributed by atoms with Crippen molar-refractivity contribution in [1.82, 2.24) is 46.7 Å². The summed E-state index contributed by atoms with van der Waals surface area (Å²) in [6.45, 7) is 3.75. The highest BCUT2D eigenvalue weighted by atomic mass is 32.1. The molecule has 11 N–H and O–H groups in total. The Bertz CT molecular complexity index is 2200. The van der Waals surface area contributed by atoms with Crippen LogP contribution in [0.15, 0.2) is 60.8 Å². The number of guanidine groups is 1. The number of hydrogen-bond acceptors (Lipinski definition) is 11. The van der Waals surface area contributed by atoms with Crippen LogP contribution in [0.1, 0.15) is 63.5 Å². The Labute approximate surface area is 395 Å². The van der Waals surface area contributed by atoms with Crippen molar-refractivity contribution in [3.05, 3.63) is 71.9 Å². The molecule has 0 spiro atoms. The second kappa shape index (κ2) is 24.6. The summed E-state index contributed by atoms with van der Waals surface area (Å²) in [5.41, 5.74) is 7.70. The first kappa shape index (κ1) is 51.2. The van der Waals surface area contributed by atoms with E-state index in [1.807, 2.05) is 31.2 Å². The molecule has 5 rings (SSSR count). The van der Waals surface area contributed by atoms with Gasteiger partial charge < -0.3 is 57.5 Å². The van der Waals surface area contributed by atoms with Crippen molar-refractivity contribution in [3.8, 4) is 0 Å². The average Bonchev–Trinajstić information content (AvgIpc) is 4.03. The molecule has 2 fully saturated rings. The quantitative estimate of drug-likeness (QED) is 0.0275. The van der Waals surface area contributed by atoms with Crippen LogP contribution in [0.25, 0.3) is 10.9 Å². The fourth-order valence-electron chi connectivity index (χ4n) is 8.46. The predicted octanol–water partition coefficient (Wildman–Crippen LogP) is -0.117. The molecular formula is C45H63N11O8S2. The summed E-state index contributed by atoms with van der Waals surface area (Å²) >= 11 is 8.62. The smallest absolute Gasteiger partial charge is 0.246 e. The van der Waals surface area contributed by atoms with Gasteiger partial charge in [0.15, 0.2) is 5.96 Å². The van der Waals surface area contributed by atoms with Gasteiger partial charge in [-0.25, -0.2) is 0 Å². The molecule has 2 aliphatic rings. The Hall–Kier alpha value is -5.80. The number of carbonyl (C=O) groups excluding carboxylic acids is 7. The SMILES string of the molecule is CC(=O)N[C@@H](CCS)C(=O)N1C[C@H](O)C[C@H]1C(=O)N[C@H](Cc1ccccc1)C(=O)N[C@@H](CCCNC(=N)N)C(=O)N[C@@H](Cc1c[nH]c2ccccc12)C(=O)N[C@@H](CS)C(=O)N1CCC[C@H]1C. The lowest BCUT2D eigenvalue weighted by atomic mass is 10.0. The Morgan fingerprint density at radius 3 is 2.11 bits per heavy atom. The van der Waals surface area contributed by atoms with Gasteiger partial charge in [-0.2, -0.15) is 25.3 Å². The molecule has 19 nitrogen and oxygen atoms in total. The summed E-state index contributed by atoms with van der Waals surface area (Å²) in [7, 11) is 0. The molecule has 0 radical (unpaired) electrons. The van der Waals surface area contributed by atoms with Gasteiger partial charge >= 0.3 is 0 Å². The third-order valence-electron chi connectivity index (χ3n) is 11.9. The number of H-pyrrole nitrogens is 1. The number of nitrogens with zero attached hydrogens (tertiary/aromatic N) is 2. The van der Waals surface area contributed by atoms with E-state index in [9.17, 15) is 38.7 Å². The lowest BCUT2D eigenvalue weighted by molar-refractivity contribution is -0.142. The Morgan fingerprint density at radius 2 is 1.45 bits per heavy atom. The maximum atomic E-state index is 14.5. The summed E-state index contributed by atoms with van der Waals surface area (Å²) in [6.07, 6.45) is 2.61. The van der Waals surface area contributed by atoms with Gasteiger partial charge in [-0.1, -0.05) is 48.5 Å². The van der Waals surface area contributed by atoms with Gasteiger partial charge in [-0.15, -0.1) is 0 Å². The number of likely N-dealkylation sites (tertiary alicyclic amines) is 2. The largest absolute Gasteiger partial charge is 0.391 e. The molecule has 358 valence electrons. The number of aromatic nitrogens is 1. The fraction of sp³-hybridized carbons (Fsp3) is 0.511. The highest BCUT2D eigenvalue weighted by molar-refractivity contribution is 7.80. The summed E-state index contributed by atoms with van der Waals surface area (Å²) < 4.78 is 0. The molecule has 66 heavy (non-hydrogen) atoms. The zero-order valence-corrected chi connectivity index (χ0v) is 39.0. The van der Waals surface area contributed by atoms with Gasteiger partial charge in [0.25, 0.3) is 0 Å². The van der Waals surface area contributed by atoms with Crippen LogP contribution >= 0.6 is 25.3 Å². The second-order valence-corrected chi connectivity index (χ2v) is 17.7. The maximum Gasteiger partial charge on any atom is 0.246 e. The molecule has 7 amide bonds. The number of amides is 7. The molecule has 21 heteroatoms. The molecule has 0 unspecified atom stereocenters. The van der Waals surface area contributed by atoms with Crippen LogP contribution in [0.3, 0.4) is 0 Å². The zero-order chi connectivity index (χ0) is 47.9. The van der Waals surface area contributed by atoms with Crippen molar-refractivity contribution >= 4 is 83.5 Å². The van der Waals surface area contributed by atoms with Gasteiger partial charge in [0.1, 0.15) is 36.3 Å². The van der Waals surface area contributed by atoms with E-state index in [4.69, 9.17) is 11.1 Å². The summed E-state index contributed by atoms with van der Waals surface area (Å²) in [6, 6.07) is 9.28. The maximum absolute atomic E-state index is 14.5. The van der Waals surface area contributed by atoms with Crippen molar-refractivity contribution in [3.63, 3.8) is 0 Å². The van der Waals surface area contributed by atoms with Gasteiger partial charge in [0, 0.05) is 74.7 Å². The predicted molar refractivity (Wildman–Crippen MR) is 255 cm³/mol. The van der Waals surface area contributed by atoms with Crippen LogP contribution in [0.4, 0.5) is 0 Å². The van der Waals surface area contributed by atoms with Crippen LogP contribution in [0.2, 0.25) is 0 Å². The van der Waals surface area contributed by atoms with Crippen molar-refractivity contribution in [1.29, 1.82) is 5.41 Å². The first-order chi connectivity index (χ1) is 31.6. The minimum absolute atomic E-state index is 0.00264. The fourth-order valence-corrected chi connectivity index (χ4v) is 8.96. The number of benzene rings is 2. The van der Waals surface area contributed by atoms with Crippen molar-refractivity contribution in [2.45, 2.75) is 114 Å². The van der Waals surface area contributed by atoms with Crippen LogP contribution in [0, 0.1) is 5.41 Å². The molecule has 0 saturated carbocycles. The Balaban J connectivity index is 1.41. The van der Waals surface area contributed by atoms with Crippen LogP contribution in [-0.4, -0.2) is 147 Å². The average molecular weight is 950 g/mol. The normalized spacial score (nSPS) is 19.2. The van der Waals surface area contributed by atoms with Gasteiger partial charge in [-0.3, -0.25) is 39.0 Å². The monoisotopic (exact) mass is 949 g/mol. The Morgan fingerprint density at radius 1 is 0.818 bits per heavy atom. The number of para-hydroxylation sites is 1. The van der Waals surface area contributed by atoms with Gasteiger partial charge in [-0.05, 0) is 62.0 Å². The van der Waals surface area contributed by atoms with E-state index in [0.717, 1.165) is 23.7 Å². The number of β-amino-alcohol motifs (C(OH)–C–C–N with tert-alkyl or cyclic N) is 1. The minimum Gasteiger partial charge on any atom is -0.391 e. The van der Waals surface area contributed by atoms with Gasteiger partial charge in [0.2, 0.25) is 41.4 Å². The number of thiol groups is 2. The number of rotatable bonds is 22. The number of carbonyl (C=O) groups is 7. The Kier molecular flexibility index (Phi) is 19.1. The summed E-state index contributed by atoms with van der Waals surface area (Å²) in [5.74, 6) is -4.22. The lowest BCUT2D eigenvalue weighted by Crippen LogP contribution is -2.60. The van der Waals surface area contributed by atoms with E-state index in [2.05, 4.69) is 62.1 Å². The van der Waals surface area contributed by atoms with Crippen LogP contribution < -0.4 is 37.6 Å². The van der Waals surface area contributed by atoms with Crippen molar-refractivity contribution < 1.29 is 38.7 Å². The molecule has 2 saturated heterocycles. The van der Waals surface area contributed by atoms with E-state index in [1.54, 1.807) is 41.4 Å². The molecular weight excluding hydrogens is 887 g/mol. The number of aliphatic hydroxyl groups is 1. The first-order valence-electron chi connectivity index (χ1n) is 22.3. The molecule has 3 aromatic rings. The molecule has 3 heterocycles. The highest BCUT2D eigenvalue weighted by Gasteiger charge is 2.43. The van der Waals surface area contributed by atoms with Crippen molar-refractivity contribution in [2.75, 3.05) is 31.1 Å².